The van der Waals surface area contributed by atoms with Crippen LogP contribution in [0, 0.1) is 0 Å². The van der Waals surface area contributed by atoms with Crippen molar-refractivity contribution in [3.8, 4) is 0 Å². The Hall–Kier alpha value is -2.41. The summed E-state index contributed by atoms with van der Waals surface area (Å²) in [4.78, 5) is 25.3. The van der Waals surface area contributed by atoms with Crippen molar-refractivity contribution in [2.45, 2.75) is 12.8 Å². The van der Waals surface area contributed by atoms with Gasteiger partial charge in [0.1, 0.15) is 5.69 Å². The largest absolute Gasteiger partial charge is 0.550 e. The number of H-pyrrole nitrogens is 1. The minimum Gasteiger partial charge on any atom is -0.550 e. The number of hydrogen-bond acceptors (Lipinski definition) is 4. The van der Waals surface area contributed by atoms with E-state index >= 15 is 0 Å². The molecule has 1 amide bonds. The summed E-state index contributed by atoms with van der Waals surface area (Å²) in [5, 5.41) is 14.7. The molecule has 0 aliphatic carbocycles. The van der Waals surface area contributed by atoms with Gasteiger partial charge in [-0.25, -0.2) is 5.43 Å². The second kappa shape index (κ2) is 7.56. The normalized spacial score (nSPS) is 11.2. The Bertz CT molecular complexity index is 679. The number of carboxylic acid groups (broad SMARTS) is 1. The number of benzene rings is 1. The zero-order valence-corrected chi connectivity index (χ0v) is 13.1. The highest BCUT2D eigenvalue weighted by atomic mass is 79.9. The molecule has 1 aromatic heterocycles. The topological polar surface area (TPSA) is 97.4 Å². The van der Waals surface area contributed by atoms with Crippen molar-refractivity contribution in [3.63, 3.8) is 0 Å². The first-order valence-electron chi connectivity index (χ1n) is 6.52. The molecule has 2 N–H and O–H groups in total. The summed E-state index contributed by atoms with van der Waals surface area (Å²) in [7, 11) is 0. The molecule has 0 atom stereocenters. The van der Waals surface area contributed by atoms with Crippen LogP contribution in [0.1, 0.15) is 28.9 Å². The Labute approximate surface area is 135 Å². The van der Waals surface area contributed by atoms with Gasteiger partial charge in [0, 0.05) is 16.6 Å². The van der Waals surface area contributed by atoms with Gasteiger partial charge in [0.15, 0.2) is 0 Å². The standard InChI is InChI=1S/C15H14BrN3O3/c16-11-5-3-10(4-6-11)12(7-8-14(20)21)18-19-15(22)13-2-1-9-17-13/h1-6,9,17H,7-8H2,(H,19,22)(H,20,21)/p-1/b18-12-. The van der Waals surface area contributed by atoms with Crippen molar-refractivity contribution in [2.75, 3.05) is 0 Å². The van der Waals surface area contributed by atoms with E-state index in [4.69, 9.17) is 0 Å². The molecule has 22 heavy (non-hydrogen) atoms. The van der Waals surface area contributed by atoms with Crippen molar-refractivity contribution in [1.82, 2.24) is 10.4 Å². The van der Waals surface area contributed by atoms with E-state index in [0.29, 0.717) is 11.4 Å². The molecule has 0 fully saturated rings. The quantitative estimate of drug-likeness (QED) is 0.600. The smallest absolute Gasteiger partial charge is 0.287 e. The molecule has 0 spiro atoms. The van der Waals surface area contributed by atoms with Gasteiger partial charge in [0.2, 0.25) is 0 Å². The SMILES string of the molecule is O=C([O-])CC/C(=N/NC(=O)c1ccc[nH]1)c1ccc(Br)cc1. The molecule has 7 heteroatoms. The number of nitrogens with zero attached hydrogens (tertiary/aromatic N) is 1. The van der Waals surface area contributed by atoms with Crippen LogP contribution in [-0.2, 0) is 4.79 Å². The second-order valence-corrected chi connectivity index (χ2v) is 5.38. The first kappa shape index (κ1) is 16.0. The average Bonchev–Trinajstić information content (AvgIpc) is 3.02. The van der Waals surface area contributed by atoms with Crippen LogP contribution in [0.15, 0.2) is 52.2 Å². The molecule has 1 heterocycles. The van der Waals surface area contributed by atoms with Crippen LogP contribution < -0.4 is 10.5 Å². The molecule has 0 radical (unpaired) electrons. The Balaban J connectivity index is 2.15. The van der Waals surface area contributed by atoms with E-state index < -0.39 is 11.9 Å². The molecule has 2 aromatic rings. The molecule has 0 aliphatic heterocycles. The second-order valence-electron chi connectivity index (χ2n) is 4.46. The Morgan fingerprint density at radius 3 is 2.50 bits per heavy atom. The minimum atomic E-state index is -1.17. The number of hydrogen-bond donors (Lipinski definition) is 2. The van der Waals surface area contributed by atoms with Gasteiger partial charge in [0.25, 0.3) is 5.91 Å². The fraction of sp³-hybridized carbons (Fsp3) is 0.133. The molecule has 0 saturated heterocycles. The van der Waals surface area contributed by atoms with Crippen LogP contribution in [0.4, 0.5) is 0 Å². The van der Waals surface area contributed by atoms with E-state index in [-0.39, 0.29) is 12.8 Å². The number of rotatable bonds is 6. The van der Waals surface area contributed by atoms with Crippen LogP contribution in [0.3, 0.4) is 0 Å². The number of carbonyl (C=O) groups is 2. The van der Waals surface area contributed by atoms with Gasteiger partial charge in [-0.2, -0.15) is 5.10 Å². The van der Waals surface area contributed by atoms with Crippen LogP contribution >= 0.6 is 15.9 Å². The maximum absolute atomic E-state index is 11.8. The third kappa shape index (κ3) is 4.56. The Morgan fingerprint density at radius 1 is 1.18 bits per heavy atom. The third-order valence-electron chi connectivity index (χ3n) is 2.88. The molecule has 2 rings (SSSR count). The number of nitrogens with one attached hydrogen (secondary N) is 2. The lowest BCUT2D eigenvalue weighted by Gasteiger charge is -2.08. The minimum absolute atomic E-state index is 0.162. The lowest BCUT2D eigenvalue weighted by Crippen LogP contribution is -2.24. The van der Waals surface area contributed by atoms with Crippen LogP contribution in [-0.4, -0.2) is 22.6 Å². The van der Waals surface area contributed by atoms with Gasteiger partial charge in [-0.15, -0.1) is 0 Å². The van der Waals surface area contributed by atoms with Gasteiger partial charge < -0.3 is 14.9 Å². The zero-order chi connectivity index (χ0) is 15.9. The lowest BCUT2D eigenvalue weighted by molar-refractivity contribution is -0.305. The van der Waals surface area contributed by atoms with Gasteiger partial charge in [0.05, 0.1) is 5.71 Å². The molecule has 1 aromatic carbocycles. The van der Waals surface area contributed by atoms with E-state index in [9.17, 15) is 14.7 Å². The summed E-state index contributed by atoms with van der Waals surface area (Å²) < 4.78 is 0.894. The Kier molecular flexibility index (Phi) is 5.48. The number of carbonyl (C=O) groups excluding carboxylic acids is 2. The first-order chi connectivity index (χ1) is 10.6. The van der Waals surface area contributed by atoms with E-state index in [1.165, 1.54) is 0 Å². The third-order valence-corrected chi connectivity index (χ3v) is 3.41. The highest BCUT2D eigenvalue weighted by Crippen LogP contribution is 2.13. The number of hydrazone groups is 1. The maximum atomic E-state index is 11.8. The van der Waals surface area contributed by atoms with Gasteiger partial charge in [-0.05, 0) is 42.7 Å². The summed E-state index contributed by atoms with van der Waals surface area (Å²) in [6.07, 6.45) is 1.62. The van der Waals surface area contributed by atoms with Crippen molar-refractivity contribution < 1.29 is 14.7 Å². The molecule has 6 nitrogen and oxygen atoms in total. The van der Waals surface area contributed by atoms with E-state index in [1.807, 2.05) is 12.1 Å². The summed E-state index contributed by atoms with van der Waals surface area (Å²) in [5.74, 6) is -1.56. The van der Waals surface area contributed by atoms with Crippen LogP contribution in [0.2, 0.25) is 0 Å². The van der Waals surface area contributed by atoms with Crippen molar-refractivity contribution in [2.24, 2.45) is 5.10 Å². The fourth-order valence-corrected chi connectivity index (χ4v) is 2.04. The highest BCUT2D eigenvalue weighted by molar-refractivity contribution is 9.10. The van der Waals surface area contributed by atoms with Crippen molar-refractivity contribution >= 4 is 33.5 Å². The van der Waals surface area contributed by atoms with Crippen molar-refractivity contribution in [1.29, 1.82) is 0 Å². The maximum Gasteiger partial charge on any atom is 0.287 e. The molecule has 0 bridgehead atoms. The molecular weight excluding hydrogens is 350 g/mol. The molecule has 114 valence electrons. The van der Waals surface area contributed by atoms with Crippen LogP contribution in [0.25, 0.3) is 0 Å². The molecular formula is C15H13BrN3O3-. The molecule has 0 saturated carbocycles. The fourth-order valence-electron chi connectivity index (χ4n) is 1.78. The van der Waals surface area contributed by atoms with Gasteiger partial charge >= 0.3 is 0 Å². The lowest BCUT2D eigenvalue weighted by atomic mass is 10.1. The highest BCUT2D eigenvalue weighted by Gasteiger charge is 2.08. The van der Waals surface area contributed by atoms with E-state index in [2.05, 4.69) is 31.4 Å². The first-order valence-corrected chi connectivity index (χ1v) is 7.31. The zero-order valence-electron chi connectivity index (χ0n) is 11.5. The Morgan fingerprint density at radius 2 is 1.91 bits per heavy atom. The summed E-state index contributed by atoms with van der Waals surface area (Å²) >= 11 is 3.33. The number of amides is 1. The van der Waals surface area contributed by atoms with Gasteiger partial charge in [-0.3, -0.25) is 4.79 Å². The molecule has 0 aliphatic rings. The summed E-state index contributed by atoms with van der Waals surface area (Å²) in [5.41, 5.74) is 3.99. The number of aromatic amines is 1. The average molecular weight is 363 g/mol. The van der Waals surface area contributed by atoms with Crippen LogP contribution in [0.5, 0.6) is 0 Å². The van der Waals surface area contributed by atoms with Gasteiger partial charge in [-0.1, -0.05) is 28.1 Å². The van der Waals surface area contributed by atoms with Crippen molar-refractivity contribution in [3.05, 3.63) is 58.3 Å². The monoisotopic (exact) mass is 362 g/mol. The summed E-state index contributed by atoms with van der Waals surface area (Å²) in [6, 6.07) is 10.5. The number of aliphatic carboxylic acids is 1. The predicted molar refractivity (Wildman–Crippen MR) is 83.2 cm³/mol. The number of aromatic nitrogens is 1. The number of carboxylic acids is 1. The summed E-state index contributed by atoms with van der Waals surface area (Å²) in [6.45, 7) is 0. The predicted octanol–water partition coefficient (Wildman–Crippen LogP) is 1.44. The number of halogens is 1. The molecule has 0 unspecified atom stereocenters. The van der Waals surface area contributed by atoms with E-state index in [0.717, 1.165) is 10.0 Å². The van der Waals surface area contributed by atoms with E-state index in [1.54, 1.807) is 30.5 Å².